The summed E-state index contributed by atoms with van der Waals surface area (Å²) in [7, 11) is 0. The minimum atomic E-state index is -0.517. The second kappa shape index (κ2) is 7.41. The quantitative estimate of drug-likeness (QED) is 0.830. The van der Waals surface area contributed by atoms with E-state index in [9.17, 15) is 5.11 Å². The summed E-state index contributed by atoms with van der Waals surface area (Å²) in [5, 5.41) is 15.3. The Morgan fingerprint density at radius 1 is 1.14 bits per heavy atom. The van der Waals surface area contributed by atoms with Crippen molar-refractivity contribution in [2.75, 3.05) is 0 Å². The molecule has 0 aliphatic carbocycles. The molecule has 3 heteroatoms. The van der Waals surface area contributed by atoms with Crippen LogP contribution in [0.25, 0.3) is 0 Å². The molecule has 114 valence electrons. The van der Waals surface area contributed by atoms with Gasteiger partial charge in [-0.3, -0.25) is 4.68 Å². The molecule has 0 saturated heterocycles. The van der Waals surface area contributed by atoms with E-state index in [1.54, 1.807) is 6.20 Å². The Morgan fingerprint density at radius 3 is 2.48 bits per heavy atom. The van der Waals surface area contributed by atoms with Crippen LogP contribution >= 0.6 is 0 Å². The molecule has 0 fully saturated rings. The van der Waals surface area contributed by atoms with Crippen molar-refractivity contribution in [3.05, 3.63) is 53.9 Å². The van der Waals surface area contributed by atoms with Gasteiger partial charge in [-0.15, -0.1) is 0 Å². The number of aliphatic hydroxyl groups excluding tert-OH is 1. The Bertz CT molecular complexity index is 535. The van der Waals surface area contributed by atoms with Crippen molar-refractivity contribution in [3.8, 4) is 0 Å². The largest absolute Gasteiger partial charge is 0.386 e. The van der Waals surface area contributed by atoms with Gasteiger partial charge in [0.1, 0.15) is 6.10 Å². The Hall–Kier alpha value is -1.61. The highest BCUT2D eigenvalue weighted by Crippen LogP contribution is 2.38. The van der Waals surface area contributed by atoms with E-state index in [0.717, 1.165) is 25.1 Å². The van der Waals surface area contributed by atoms with E-state index in [2.05, 4.69) is 38.0 Å². The van der Waals surface area contributed by atoms with Crippen LogP contribution in [0, 0.1) is 5.92 Å². The van der Waals surface area contributed by atoms with Crippen molar-refractivity contribution >= 4 is 0 Å². The smallest absolute Gasteiger partial charge is 0.103 e. The first-order chi connectivity index (χ1) is 10.2. The topological polar surface area (TPSA) is 38.0 Å². The van der Waals surface area contributed by atoms with E-state index in [-0.39, 0.29) is 5.92 Å². The van der Waals surface area contributed by atoms with Gasteiger partial charge in [-0.2, -0.15) is 5.10 Å². The monoisotopic (exact) mass is 286 g/mol. The Labute approximate surface area is 127 Å². The van der Waals surface area contributed by atoms with Gasteiger partial charge in [-0.1, -0.05) is 57.5 Å². The molecule has 1 N–H and O–H groups in total. The molecule has 0 radical (unpaired) electrons. The molecule has 1 aromatic carbocycles. The Kier molecular flexibility index (Phi) is 5.57. The summed E-state index contributed by atoms with van der Waals surface area (Å²) in [5.74, 6) is 0.510. The number of aromatic nitrogens is 2. The first kappa shape index (κ1) is 15.8. The molecule has 0 amide bonds. The maximum atomic E-state index is 11.0. The zero-order valence-corrected chi connectivity index (χ0v) is 13.2. The van der Waals surface area contributed by atoms with Crippen molar-refractivity contribution in [1.82, 2.24) is 9.78 Å². The average molecular weight is 286 g/mol. The molecule has 2 aromatic rings. The predicted octanol–water partition coefficient (Wildman–Crippen LogP) is 4.16. The van der Waals surface area contributed by atoms with Crippen LogP contribution in [0.1, 0.15) is 56.9 Å². The lowest BCUT2D eigenvalue weighted by Crippen LogP contribution is -2.21. The van der Waals surface area contributed by atoms with Crippen LogP contribution in [0.4, 0.5) is 0 Å². The van der Waals surface area contributed by atoms with Crippen LogP contribution in [0.5, 0.6) is 0 Å². The lowest BCUT2D eigenvalue weighted by molar-refractivity contribution is 0.108. The SMILES string of the molecule is CCCn1nccc1C(O)C(c1ccccc1)C(C)CC. The van der Waals surface area contributed by atoms with E-state index < -0.39 is 6.10 Å². The molecule has 0 saturated carbocycles. The fourth-order valence-corrected chi connectivity index (χ4v) is 2.93. The molecule has 0 aliphatic heterocycles. The summed E-state index contributed by atoms with van der Waals surface area (Å²) < 4.78 is 1.93. The molecule has 0 bridgehead atoms. The number of aliphatic hydroxyl groups is 1. The first-order valence-corrected chi connectivity index (χ1v) is 7.93. The van der Waals surface area contributed by atoms with E-state index in [4.69, 9.17) is 0 Å². The summed E-state index contributed by atoms with van der Waals surface area (Å²) in [6.07, 6.45) is 3.32. The molecular formula is C18H26N2O. The van der Waals surface area contributed by atoms with Gasteiger partial charge in [0.25, 0.3) is 0 Å². The van der Waals surface area contributed by atoms with E-state index >= 15 is 0 Å². The summed E-state index contributed by atoms with van der Waals surface area (Å²) in [4.78, 5) is 0. The van der Waals surface area contributed by atoms with Crippen LogP contribution < -0.4 is 0 Å². The minimum Gasteiger partial charge on any atom is -0.386 e. The predicted molar refractivity (Wildman–Crippen MR) is 86.1 cm³/mol. The maximum absolute atomic E-state index is 11.0. The van der Waals surface area contributed by atoms with Gasteiger partial charge >= 0.3 is 0 Å². The number of aryl methyl sites for hydroxylation is 1. The lowest BCUT2D eigenvalue weighted by atomic mass is 9.80. The number of rotatable bonds is 7. The van der Waals surface area contributed by atoms with Crippen LogP contribution in [0.15, 0.2) is 42.6 Å². The Morgan fingerprint density at radius 2 is 1.86 bits per heavy atom. The zero-order valence-electron chi connectivity index (χ0n) is 13.2. The van der Waals surface area contributed by atoms with E-state index in [0.29, 0.717) is 5.92 Å². The van der Waals surface area contributed by atoms with Gasteiger partial charge < -0.3 is 5.11 Å². The highest BCUT2D eigenvalue weighted by molar-refractivity contribution is 5.24. The maximum Gasteiger partial charge on any atom is 0.103 e. The molecule has 1 aromatic heterocycles. The van der Waals surface area contributed by atoms with Crippen molar-refractivity contribution in [2.45, 2.75) is 52.2 Å². The van der Waals surface area contributed by atoms with Gasteiger partial charge in [-0.05, 0) is 24.0 Å². The van der Waals surface area contributed by atoms with Crippen molar-refractivity contribution in [1.29, 1.82) is 0 Å². The molecular weight excluding hydrogens is 260 g/mol. The number of nitrogens with zero attached hydrogens (tertiary/aromatic N) is 2. The normalized spacial score (nSPS) is 15.6. The van der Waals surface area contributed by atoms with Gasteiger partial charge in [0, 0.05) is 18.7 Å². The highest BCUT2D eigenvalue weighted by Gasteiger charge is 2.29. The van der Waals surface area contributed by atoms with E-state index in [1.165, 1.54) is 5.56 Å². The van der Waals surface area contributed by atoms with Gasteiger partial charge in [-0.25, -0.2) is 0 Å². The molecule has 3 nitrogen and oxygen atoms in total. The number of hydrogen-bond acceptors (Lipinski definition) is 2. The fraction of sp³-hybridized carbons (Fsp3) is 0.500. The van der Waals surface area contributed by atoms with Crippen molar-refractivity contribution in [2.24, 2.45) is 5.92 Å². The molecule has 3 atom stereocenters. The number of benzene rings is 1. The molecule has 2 rings (SSSR count). The van der Waals surface area contributed by atoms with Crippen LogP contribution in [-0.2, 0) is 6.54 Å². The third-order valence-corrected chi connectivity index (χ3v) is 4.27. The Balaban J connectivity index is 2.34. The van der Waals surface area contributed by atoms with Gasteiger partial charge in [0.2, 0.25) is 0 Å². The van der Waals surface area contributed by atoms with Crippen molar-refractivity contribution in [3.63, 3.8) is 0 Å². The van der Waals surface area contributed by atoms with Gasteiger partial charge in [0.15, 0.2) is 0 Å². The van der Waals surface area contributed by atoms with Crippen LogP contribution in [0.3, 0.4) is 0 Å². The zero-order chi connectivity index (χ0) is 15.2. The van der Waals surface area contributed by atoms with Crippen LogP contribution in [-0.4, -0.2) is 14.9 Å². The standard InChI is InChI=1S/C18H26N2O/c1-4-13-20-16(11-12-19-20)18(21)17(14(3)5-2)15-9-7-6-8-10-15/h6-12,14,17-18,21H,4-5,13H2,1-3H3. The molecule has 0 aliphatic rings. The second-order valence-electron chi connectivity index (χ2n) is 5.75. The summed E-state index contributed by atoms with van der Waals surface area (Å²) in [6.45, 7) is 7.36. The summed E-state index contributed by atoms with van der Waals surface area (Å²) in [6, 6.07) is 12.3. The second-order valence-corrected chi connectivity index (χ2v) is 5.75. The third-order valence-electron chi connectivity index (χ3n) is 4.27. The highest BCUT2D eigenvalue weighted by atomic mass is 16.3. The average Bonchev–Trinajstić information content (AvgIpc) is 2.97. The fourth-order valence-electron chi connectivity index (χ4n) is 2.93. The lowest BCUT2D eigenvalue weighted by Gasteiger charge is -2.29. The minimum absolute atomic E-state index is 0.100. The first-order valence-electron chi connectivity index (χ1n) is 7.93. The van der Waals surface area contributed by atoms with Crippen LogP contribution in [0.2, 0.25) is 0 Å². The molecule has 1 heterocycles. The van der Waals surface area contributed by atoms with Crippen molar-refractivity contribution < 1.29 is 5.11 Å². The third kappa shape index (κ3) is 3.53. The molecule has 21 heavy (non-hydrogen) atoms. The number of hydrogen-bond donors (Lipinski definition) is 1. The molecule has 3 unspecified atom stereocenters. The van der Waals surface area contributed by atoms with Gasteiger partial charge in [0.05, 0.1) is 5.69 Å². The summed E-state index contributed by atoms with van der Waals surface area (Å²) >= 11 is 0. The summed E-state index contributed by atoms with van der Waals surface area (Å²) in [5.41, 5.74) is 2.12. The van der Waals surface area contributed by atoms with E-state index in [1.807, 2.05) is 28.9 Å². The molecule has 0 spiro atoms.